The van der Waals surface area contributed by atoms with E-state index >= 15 is 9.59 Å². The first kappa shape index (κ1) is 39.7. The van der Waals surface area contributed by atoms with Gasteiger partial charge in [-0.2, -0.15) is 5.10 Å². The number of phenols is 1. The van der Waals surface area contributed by atoms with Gasteiger partial charge < -0.3 is 19.9 Å². The summed E-state index contributed by atoms with van der Waals surface area (Å²) in [6, 6.07) is 27.4. The number of anilines is 4. The van der Waals surface area contributed by atoms with Crippen molar-refractivity contribution < 1.29 is 33.8 Å². The minimum atomic E-state index is -1.45. The van der Waals surface area contributed by atoms with Gasteiger partial charge in [-0.25, -0.2) is 4.90 Å². The highest BCUT2D eigenvalue weighted by Crippen LogP contribution is 2.66. The third-order valence-electron chi connectivity index (χ3n) is 13.5. The monoisotopic (exact) mass is 867 g/mol. The molecule has 12 nitrogen and oxygen atoms in total. The first-order chi connectivity index (χ1) is 29.8. The van der Waals surface area contributed by atoms with Crippen molar-refractivity contribution in [3.05, 3.63) is 119 Å². The van der Waals surface area contributed by atoms with Gasteiger partial charge in [-0.15, -0.1) is 11.3 Å². The molecule has 6 atom stereocenters. The van der Waals surface area contributed by atoms with Crippen LogP contribution in [0.5, 0.6) is 17.2 Å². The van der Waals surface area contributed by atoms with E-state index in [2.05, 4.69) is 5.32 Å². The quantitative estimate of drug-likeness (QED) is 0.113. The van der Waals surface area contributed by atoms with E-state index in [0.29, 0.717) is 39.1 Å². The predicted molar refractivity (Wildman–Crippen MR) is 238 cm³/mol. The Morgan fingerprint density at radius 1 is 0.871 bits per heavy atom. The predicted octanol–water partition coefficient (Wildman–Crippen LogP) is 9.17. The standard InChI is InChI=1S/C48H42ClN5O7S/c1-24-32-19-25(49)11-18-38(32)62-43(24)35-23-39(52(3)51-35)54-45(57)34-22-33-30(42(48(34,2)47(54)59)41-36(55)20-29(60-4)21-37(41)61-5)16-17-31-40(33)46(58)53(44(31)56)28-14-12-27(13-15-28)50-26-9-7-6-8-10-26/h6-16,18-21,23,31,33-34,40,42,50,55H,17,22H2,1-5H3. The molecule has 62 heavy (non-hydrogen) atoms. The van der Waals surface area contributed by atoms with Crippen LogP contribution in [-0.2, 0) is 26.2 Å². The van der Waals surface area contributed by atoms with Crippen LogP contribution in [0.25, 0.3) is 20.7 Å². The van der Waals surface area contributed by atoms with Crippen molar-refractivity contribution in [1.29, 1.82) is 0 Å². The summed E-state index contributed by atoms with van der Waals surface area (Å²) < 4.78 is 14.0. The molecule has 4 aliphatic rings. The van der Waals surface area contributed by atoms with E-state index in [1.54, 1.807) is 54.3 Å². The zero-order chi connectivity index (χ0) is 43.4. The maximum atomic E-state index is 15.4. The van der Waals surface area contributed by atoms with Crippen molar-refractivity contribution in [2.24, 2.45) is 36.1 Å². The molecule has 4 amide bonds. The Labute approximate surface area is 366 Å². The number of amides is 4. The van der Waals surface area contributed by atoms with Gasteiger partial charge in [-0.05, 0) is 98.2 Å². The number of aromatic nitrogens is 2. The number of phenolic OH excluding ortho intramolecular Hbond substituents is 1. The van der Waals surface area contributed by atoms with E-state index in [9.17, 15) is 14.7 Å². The Kier molecular flexibility index (Phi) is 9.34. The number of rotatable bonds is 8. The highest BCUT2D eigenvalue weighted by Gasteiger charge is 2.68. The second-order valence-corrected chi connectivity index (χ2v) is 18.2. The number of hydrogen-bond donors (Lipinski definition) is 2. The number of hydrogen-bond acceptors (Lipinski definition) is 10. The van der Waals surface area contributed by atoms with Gasteiger partial charge in [0.05, 0.1) is 48.0 Å². The number of benzene rings is 4. The molecule has 2 aliphatic carbocycles. The molecule has 2 N–H and O–H groups in total. The van der Waals surface area contributed by atoms with Gasteiger partial charge in [0, 0.05) is 57.8 Å². The summed E-state index contributed by atoms with van der Waals surface area (Å²) in [6.45, 7) is 3.77. The molecule has 0 radical (unpaired) electrons. The summed E-state index contributed by atoms with van der Waals surface area (Å²) in [5.74, 6) is -4.86. The number of allylic oxidation sites excluding steroid dienone is 2. The number of methoxy groups -OCH3 is 2. The van der Waals surface area contributed by atoms with E-state index in [1.165, 1.54) is 30.1 Å². The number of aryl methyl sites for hydroxylation is 2. The van der Waals surface area contributed by atoms with Crippen LogP contribution in [0.1, 0.15) is 36.8 Å². The van der Waals surface area contributed by atoms with Gasteiger partial charge in [-0.1, -0.05) is 41.4 Å². The molecule has 2 aromatic heterocycles. The lowest BCUT2D eigenvalue weighted by Crippen LogP contribution is -2.49. The van der Waals surface area contributed by atoms with E-state index in [4.69, 9.17) is 26.2 Å². The van der Waals surface area contributed by atoms with E-state index in [0.717, 1.165) is 31.9 Å². The lowest BCUT2D eigenvalue weighted by molar-refractivity contribution is -0.131. The third-order valence-corrected chi connectivity index (χ3v) is 15.0. The SMILES string of the molecule is COc1cc(O)c(C2C3=CCC4C(=O)N(c5ccc(Nc6ccccc6)cc5)C(=O)C4C3CC3C(=O)N(c4cc(-c5sc6ccc(Cl)cc6c5C)nn4C)C(=O)C32C)c(OC)c1. The maximum absolute atomic E-state index is 15.4. The summed E-state index contributed by atoms with van der Waals surface area (Å²) in [4.78, 5) is 63.0. The largest absolute Gasteiger partial charge is 0.507 e. The molecule has 2 saturated heterocycles. The maximum Gasteiger partial charge on any atom is 0.242 e. The number of imide groups is 2. The number of nitrogens with one attached hydrogen (secondary N) is 1. The highest BCUT2D eigenvalue weighted by atomic mass is 35.5. The van der Waals surface area contributed by atoms with Crippen LogP contribution < -0.4 is 24.6 Å². The molecular formula is C48H42ClN5O7S. The van der Waals surface area contributed by atoms with E-state index < -0.39 is 46.8 Å². The fraction of sp³-hybridized carbons (Fsp3) is 0.271. The van der Waals surface area contributed by atoms with Crippen molar-refractivity contribution in [1.82, 2.24) is 9.78 Å². The van der Waals surface area contributed by atoms with Crippen molar-refractivity contribution >= 4 is 79.5 Å². The molecule has 2 aliphatic heterocycles. The second kappa shape index (κ2) is 14.6. The minimum Gasteiger partial charge on any atom is -0.507 e. The number of carbonyl (C=O) groups excluding carboxylic acids is 4. The average molecular weight is 868 g/mol. The third kappa shape index (κ3) is 5.81. The van der Waals surface area contributed by atoms with Gasteiger partial charge in [-0.3, -0.25) is 28.8 Å². The van der Waals surface area contributed by atoms with E-state index in [1.807, 2.05) is 73.7 Å². The molecule has 1 saturated carbocycles. The summed E-state index contributed by atoms with van der Waals surface area (Å²) in [5, 5.41) is 21.6. The Bertz CT molecular complexity index is 2910. The Hall–Kier alpha value is -6.44. The first-order valence-corrected chi connectivity index (χ1v) is 21.6. The van der Waals surface area contributed by atoms with Gasteiger partial charge in [0.2, 0.25) is 23.6 Å². The fourth-order valence-electron chi connectivity index (χ4n) is 10.6. The number of nitrogens with zero attached hydrogens (tertiary/aromatic N) is 4. The summed E-state index contributed by atoms with van der Waals surface area (Å²) in [6.07, 6.45) is 2.31. The first-order valence-electron chi connectivity index (χ1n) is 20.4. The second-order valence-electron chi connectivity index (χ2n) is 16.7. The lowest BCUT2D eigenvalue weighted by atomic mass is 9.51. The van der Waals surface area contributed by atoms with Crippen LogP contribution in [0.3, 0.4) is 0 Å². The number of fused-ring (bicyclic) bond motifs is 5. The number of carbonyl (C=O) groups is 4. The molecular weight excluding hydrogens is 826 g/mol. The molecule has 314 valence electrons. The zero-order valence-corrected chi connectivity index (χ0v) is 36.1. The molecule has 3 fully saturated rings. The number of halogens is 1. The molecule has 10 rings (SSSR count). The lowest BCUT2D eigenvalue weighted by Gasteiger charge is -2.49. The van der Waals surface area contributed by atoms with Crippen molar-refractivity contribution in [2.45, 2.75) is 32.6 Å². The normalized spacial score (nSPS) is 24.3. The fourth-order valence-corrected chi connectivity index (χ4v) is 11.9. The Morgan fingerprint density at radius 2 is 1.61 bits per heavy atom. The topological polar surface area (TPSA) is 143 Å². The van der Waals surface area contributed by atoms with Gasteiger partial charge in [0.15, 0.2) is 0 Å². The number of thiophene rings is 1. The van der Waals surface area contributed by atoms with Crippen LogP contribution in [0.2, 0.25) is 5.02 Å². The van der Waals surface area contributed by atoms with Crippen LogP contribution in [0.4, 0.5) is 22.9 Å². The number of ether oxygens (including phenoxy) is 2. The van der Waals surface area contributed by atoms with Crippen molar-refractivity contribution in [3.8, 4) is 27.8 Å². The van der Waals surface area contributed by atoms with Gasteiger partial charge in [0.1, 0.15) is 28.8 Å². The molecule has 0 spiro atoms. The Morgan fingerprint density at radius 3 is 2.34 bits per heavy atom. The molecule has 4 aromatic carbocycles. The highest BCUT2D eigenvalue weighted by molar-refractivity contribution is 7.22. The molecule has 6 aromatic rings. The minimum absolute atomic E-state index is 0.133. The van der Waals surface area contributed by atoms with Gasteiger partial charge >= 0.3 is 0 Å². The average Bonchev–Trinajstić information content (AvgIpc) is 3.94. The summed E-state index contributed by atoms with van der Waals surface area (Å²) in [7, 11) is 4.64. The molecule has 4 heterocycles. The zero-order valence-electron chi connectivity index (χ0n) is 34.5. The summed E-state index contributed by atoms with van der Waals surface area (Å²) >= 11 is 7.90. The van der Waals surface area contributed by atoms with Crippen LogP contribution in [0, 0.1) is 36.0 Å². The van der Waals surface area contributed by atoms with Crippen LogP contribution >= 0.6 is 22.9 Å². The van der Waals surface area contributed by atoms with Gasteiger partial charge in [0.25, 0.3) is 0 Å². The van der Waals surface area contributed by atoms with Crippen LogP contribution in [0.15, 0.2) is 103 Å². The van der Waals surface area contributed by atoms with E-state index in [-0.39, 0.29) is 36.2 Å². The Balaban J connectivity index is 1.06. The smallest absolute Gasteiger partial charge is 0.242 e. The molecule has 0 bridgehead atoms. The van der Waals surface area contributed by atoms with Crippen molar-refractivity contribution in [2.75, 3.05) is 29.3 Å². The summed E-state index contributed by atoms with van der Waals surface area (Å²) in [5.41, 5.74) is 3.28. The number of para-hydroxylation sites is 1. The van der Waals surface area contributed by atoms with Crippen LogP contribution in [-0.4, -0.2) is 52.7 Å². The van der Waals surface area contributed by atoms with Crippen molar-refractivity contribution in [3.63, 3.8) is 0 Å². The molecule has 6 unspecified atom stereocenters. The molecule has 14 heteroatoms. The number of aromatic hydroxyl groups is 1.